The summed E-state index contributed by atoms with van der Waals surface area (Å²) in [5, 5.41) is 14.5. The predicted octanol–water partition coefficient (Wildman–Crippen LogP) is 1.83. The summed E-state index contributed by atoms with van der Waals surface area (Å²) in [6.45, 7) is 9.24. The zero-order valence-electron chi connectivity index (χ0n) is 18.3. The summed E-state index contributed by atoms with van der Waals surface area (Å²) in [4.78, 5) is 19.6. The average molecular weight is 405 g/mol. The molecule has 3 aliphatic rings. The molecule has 0 radical (unpaired) electrons. The van der Waals surface area contributed by atoms with Crippen molar-refractivity contribution >= 4 is 5.91 Å². The summed E-state index contributed by atoms with van der Waals surface area (Å²) in [5.74, 6) is 1.32. The summed E-state index contributed by atoms with van der Waals surface area (Å²) in [6, 6.07) is 0. The Balaban J connectivity index is 1.39. The lowest BCUT2D eigenvalue weighted by molar-refractivity contribution is -0.208. The van der Waals surface area contributed by atoms with Crippen molar-refractivity contribution in [1.29, 1.82) is 0 Å². The summed E-state index contributed by atoms with van der Waals surface area (Å²) in [5.41, 5.74) is 1.11. The maximum atomic E-state index is 12.6. The lowest BCUT2D eigenvalue weighted by Crippen LogP contribution is -2.69. The maximum absolute atomic E-state index is 12.6. The van der Waals surface area contributed by atoms with E-state index in [1.807, 2.05) is 6.92 Å². The van der Waals surface area contributed by atoms with Crippen LogP contribution in [0.1, 0.15) is 62.7 Å². The molecule has 1 amide bonds. The van der Waals surface area contributed by atoms with E-state index >= 15 is 0 Å². The van der Waals surface area contributed by atoms with Crippen LogP contribution in [0.15, 0.2) is 0 Å². The second-order valence-electron chi connectivity index (χ2n) is 9.63. The van der Waals surface area contributed by atoms with Crippen molar-refractivity contribution in [2.45, 2.75) is 83.1 Å². The van der Waals surface area contributed by atoms with Crippen molar-refractivity contribution in [1.82, 2.24) is 19.8 Å². The Morgan fingerprint density at radius 3 is 2.52 bits per heavy atom. The lowest BCUT2D eigenvalue weighted by Gasteiger charge is -2.54. The summed E-state index contributed by atoms with van der Waals surface area (Å²) in [7, 11) is 2.07. The molecule has 0 aromatic carbocycles. The second kappa shape index (κ2) is 7.67. The molecule has 2 saturated heterocycles. The van der Waals surface area contributed by atoms with Crippen LogP contribution >= 0.6 is 0 Å². The van der Waals surface area contributed by atoms with Gasteiger partial charge in [-0.1, -0.05) is 6.42 Å². The Hall–Kier alpha value is -1.44. The summed E-state index contributed by atoms with van der Waals surface area (Å²) in [6.07, 6.45) is 4.59. The zero-order valence-corrected chi connectivity index (χ0v) is 18.3. The lowest BCUT2D eigenvalue weighted by atomic mass is 9.72. The van der Waals surface area contributed by atoms with Gasteiger partial charge in [0.25, 0.3) is 0 Å². The fourth-order valence-electron chi connectivity index (χ4n) is 5.08. The molecule has 0 bridgehead atoms. The highest BCUT2D eigenvalue weighted by Crippen LogP contribution is 2.40. The molecule has 1 saturated carbocycles. The third-order valence-electron chi connectivity index (χ3n) is 7.78. The number of nitrogens with one attached hydrogen (secondary N) is 1. The SMILES string of the molecule is Cc1nc(CN2CCC3(CC2)OCC[C@@](C)(NC(=O)C2CCC2)[C@@H]3O)n(C)c1C. The summed E-state index contributed by atoms with van der Waals surface area (Å²) < 4.78 is 8.36. The van der Waals surface area contributed by atoms with Gasteiger partial charge in [-0.3, -0.25) is 9.69 Å². The molecule has 2 aliphatic heterocycles. The van der Waals surface area contributed by atoms with E-state index in [4.69, 9.17) is 9.72 Å². The molecule has 3 fully saturated rings. The maximum Gasteiger partial charge on any atom is 0.223 e. The Labute approximate surface area is 173 Å². The van der Waals surface area contributed by atoms with Gasteiger partial charge >= 0.3 is 0 Å². The first kappa shape index (κ1) is 20.8. The van der Waals surface area contributed by atoms with Gasteiger partial charge in [0.15, 0.2) is 0 Å². The predicted molar refractivity (Wildman–Crippen MR) is 110 cm³/mol. The molecule has 2 N–H and O–H groups in total. The van der Waals surface area contributed by atoms with Gasteiger partial charge in [-0.15, -0.1) is 0 Å². The number of aliphatic hydroxyl groups excluding tert-OH is 1. The first-order valence-electron chi connectivity index (χ1n) is 11.1. The number of carbonyl (C=O) groups excluding carboxylic acids is 1. The van der Waals surface area contributed by atoms with E-state index in [0.29, 0.717) is 13.0 Å². The van der Waals surface area contributed by atoms with Gasteiger partial charge in [-0.25, -0.2) is 4.98 Å². The van der Waals surface area contributed by atoms with Crippen molar-refractivity contribution in [2.24, 2.45) is 13.0 Å². The monoisotopic (exact) mass is 404 g/mol. The Morgan fingerprint density at radius 2 is 1.97 bits per heavy atom. The number of hydrogen-bond donors (Lipinski definition) is 2. The van der Waals surface area contributed by atoms with Crippen LogP contribution in [0, 0.1) is 19.8 Å². The van der Waals surface area contributed by atoms with Crippen LogP contribution in [0.25, 0.3) is 0 Å². The van der Waals surface area contributed by atoms with E-state index in [1.54, 1.807) is 0 Å². The number of imidazole rings is 1. The normalized spacial score (nSPS) is 30.3. The first-order chi connectivity index (χ1) is 13.7. The van der Waals surface area contributed by atoms with Gasteiger partial charge in [0.2, 0.25) is 5.91 Å². The number of carbonyl (C=O) groups is 1. The van der Waals surface area contributed by atoms with Crippen molar-refractivity contribution in [3.8, 4) is 0 Å². The molecular formula is C22H36N4O3. The molecule has 1 spiro atoms. The molecule has 162 valence electrons. The van der Waals surface area contributed by atoms with Gasteiger partial charge in [-0.2, -0.15) is 0 Å². The number of ether oxygens (including phenoxy) is 1. The first-order valence-corrected chi connectivity index (χ1v) is 11.1. The largest absolute Gasteiger partial charge is 0.388 e. The van der Waals surface area contributed by atoms with Gasteiger partial charge in [0.05, 0.1) is 23.4 Å². The molecule has 1 aromatic heterocycles. The number of aliphatic hydroxyl groups is 1. The Kier molecular flexibility index (Phi) is 5.51. The van der Waals surface area contributed by atoms with E-state index in [0.717, 1.165) is 63.3 Å². The fraction of sp³-hybridized carbons (Fsp3) is 0.818. The minimum Gasteiger partial charge on any atom is -0.388 e. The van der Waals surface area contributed by atoms with Crippen molar-refractivity contribution in [3.05, 3.63) is 17.2 Å². The van der Waals surface area contributed by atoms with Crippen LogP contribution in [-0.4, -0.2) is 62.4 Å². The molecule has 1 aliphatic carbocycles. The summed E-state index contributed by atoms with van der Waals surface area (Å²) >= 11 is 0. The van der Waals surface area contributed by atoms with Crippen LogP contribution < -0.4 is 5.32 Å². The van der Waals surface area contributed by atoms with Crippen LogP contribution in [0.3, 0.4) is 0 Å². The highest BCUT2D eigenvalue weighted by molar-refractivity contribution is 5.80. The molecular weight excluding hydrogens is 368 g/mol. The number of aryl methyl sites for hydroxylation is 1. The van der Waals surface area contributed by atoms with Crippen molar-refractivity contribution < 1.29 is 14.6 Å². The van der Waals surface area contributed by atoms with Crippen LogP contribution in [0.2, 0.25) is 0 Å². The molecule has 4 rings (SSSR count). The molecule has 7 heteroatoms. The highest BCUT2D eigenvalue weighted by Gasteiger charge is 2.54. The van der Waals surface area contributed by atoms with Crippen LogP contribution in [-0.2, 0) is 23.1 Å². The van der Waals surface area contributed by atoms with E-state index in [9.17, 15) is 9.90 Å². The number of likely N-dealkylation sites (tertiary alicyclic amines) is 1. The molecule has 29 heavy (non-hydrogen) atoms. The molecule has 0 unspecified atom stereocenters. The smallest absolute Gasteiger partial charge is 0.223 e. The Morgan fingerprint density at radius 1 is 1.28 bits per heavy atom. The van der Waals surface area contributed by atoms with Crippen LogP contribution in [0.4, 0.5) is 0 Å². The molecule has 3 heterocycles. The third kappa shape index (κ3) is 3.73. The molecule has 1 aromatic rings. The molecule has 7 nitrogen and oxygen atoms in total. The van der Waals surface area contributed by atoms with E-state index in [-0.39, 0.29) is 11.8 Å². The number of rotatable bonds is 4. The van der Waals surface area contributed by atoms with E-state index in [2.05, 4.69) is 35.7 Å². The fourth-order valence-corrected chi connectivity index (χ4v) is 5.08. The van der Waals surface area contributed by atoms with Gasteiger partial charge < -0.3 is 19.7 Å². The van der Waals surface area contributed by atoms with Crippen molar-refractivity contribution in [2.75, 3.05) is 19.7 Å². The minimum absolute atomic E-state index is 0.104. The van der Waals surface area contributed by atoms with Crippen LogP contribution in [0.5, 0.6) is 0 Å². The number of aromatic nitrogens is 2. The van der Waals surface area contributed by atoms with Gasteiger partial charge in [-0.05, 0) is 52.9 Å². The Bertz CT molecular complexity index is 764. The standard InChI is InChI=1S/C22H36N4O3/c1-15-16(2)25(4)18(23-15)14-26-11-8-22(9-12-26)20(28)21(3,10-13-29-22)24-19(27)17-6-5-7-17/h17,20,28H,5-14H2,1-4H3,(H,24,27)/t20-,21+/m0/s1. The topological polar surface area (TPSA) is 79.6 Å². The van der Waals surface area contributed by atoms with Crippen molar-refractivity contribution in [3.63, 3.8) is 0 Å². The quantitative estimate of drug-likeness (QED) is 0.800. The third-order valence-corrected chi connectivity index (χ3v) is 7.78. The number of piperidine rings is 1. The number of amides is 1. The number of hydrogen-bond acceptors (Lipinski definition) is 5. The van der Waals surface area contributed by atoms with Gasteiger partial charge in [0.1, 0.15) is 11.9 Å². The average Bonchev–Trinajstić information content (AvgIpc) is 2.87. The minimum atomic E-state index is -0.687. The molecule has 2 atom stereocenters. The van der Waals surface area contributed by atoms with E-state index < -0.39 is 17.2 Å². The second-order valence-corrected chi connectivity index (χ2v) is 9.63. The highest BCUT2D eigenvalue weighted by atomic mass is 16.5. The van der Waals surface area contributed by atoms with E-state index in [1.165, 1.54) is 5.69 Å². The van der Waals surface area contributed by atoms with Gasteiger partial charge in [0, 0.05) is 38.4 Å². The zero-order chi connectivity index (χ0) is 20.8. The number of nitrogens with zero attached hydrogens (tertiary/aromatic N) is 3.